The van der Waals surface area contributed by atoms with Gasteiger partial charge in [0, 0.05) is 0 Å². The predicted molar refractivity (Wildman–Crippen MR) is 55.5 cm³/mol. The highest BCUT2D eigenvalue weighted by Crippen LogP contribution is 2.26. The van der Waals surface area contributed by atoms with E-state index in [0.717, 1.165) is 17.1 Å². The third kappa shape index (κ3) is 1.66. The van der Waals surface area contributed by atoms with Gasteiger partial charge in [-0.1, -0.05) is 34.8 Å². The van der Waals surface area contributed by atoms with E-state index in [1.165, 1.54) is 0 Å². The lowest BCUT2D eigenvalue weighted by molar-refractivity contribution is 0.107. The van der Waals surface area contributed by atoms with Crippen LogP contribution in [0.3, 0.4) is 0 Å². The summed E-state index contributed by atoms with van der Waals surface area (Å²) in [4.78, 5) is 11.7. The lowest BCUT2D eigenvalue weighted by atomic mass is 10.2. The molecule has 0 aliphatic heterocycles. The Bertz CT molecular complexity index is 455. The molecule has 14 heavy (non-hydrogen) atoms. The van der Waals surface area contributed by atoms with Crippen LogP contribution in [0, 0.1) is 0 Å². The Labute approximate surface area is 89.5 Å². The van der Waals surface area contributed by atoms with Crippen LogP contribution in [0.25, 0.3) is 10.4 Å². The summed E-state index contributed by atoms with van der Waals surface area (Å²) in [6.45, 7) is 0. The third-order valence-electron chi connectivity index (χ3n) is 1.71. The molecule has 0 fully saturated rings. The second kappa shape index (κ2) is 3.86. The van der Waals surface area contributed by atoms with Crippen molar-refractivity contribution in [2.75, 3.05) is 0 Å². The Morgan fingerprint density at radius 1 is 1.29 bits per heavy atom. The quantitative estimate of drug-likeness (QED) is 0.737. The maximum Gasteiger partial charge on any atom is 0.274 e. The van der Waals surface area contributed by atoms with Gasteiger partial charge in [0.15, 0.2) is 5.69 Å². The minimum absolute atomic E-state index is 0.225. The molecule has 3 nitrogen and oxygen atoms in total. The number of rotatable bonds is 2. The van der Waals surface area contributed by atoms with Gasteiger partial charge in [-0.05, 0) is 28.7 Å². The smallest absolute Gasteiger partial charge is 0.274 e. The van der Waals surface area contributed by atoms with Crippen molar-refractivity contribution < 1.29 is 4.79 Å². The van der Waals surface area contributed by atoms with Crippen LogP contribution in [0.1, 0.15) is 10.5 Å². The molecule has 0 atom stereocenters. The molecule has 0 aliphatic rings. The Hall–Kier alpha value is -1.26. The van der Waals surface area contributed by atoms with Gasteiger partial charge in [0.1, 0.15) is 0 Å². The highest BCUT2D eigenvalue weighted by atomic mass is 35.5. The van der Waals surface area contributed by atoms with Crippen molar-refractivity contribution in [1.29, 1.82) is 0 Å². The van der Waals surface area contributed by atoms with E-state index in [2.05, 4.69) is 9.59 Å². The van der Waals surface area contributed by atoms with Gasteiger partial charge in [-0.15, -0.1) is 5.10 Å². The first-order valence-electron chi connectivity index (χ1n) is 3.86. The Morgan fingerprint density at radius 2 is 2.00 bits per heavy atom. The summed E-state index contributed by atoms with van der Waals surface area (Å²) in [6.07, 6.45) is 0. The summed E-state index contributed by atoms with van der Waals surface area (Å²) in [7, 11) is 0. The zero-order valence-corrected chi connectivity index (χ0v) is 8.55. The van der Waals surface area contributed by atoms with Crippen LogP contribution in [0.5, 0.6) is 0 Å². The van der Waals surface area contributed by atoms with Crippen LogP contribution in [-0.2, 0) is 0 Å². The fourth-order valence-electron chi connectivity index (χ4n) is 1.10. The monoisotopic (exact) mass is 224 g/mol. The Morgan fingerprint density at radius 3 is 2.64 bits per heavy atom. The van der Waals surface area contributed by atoms with Gasteiger partial charge >= 0.3 is 0 Å². The van der Waals surface area contributed by atoms with Gasteiger partial charge in [0.2, 0.25) is 0 Å². The number of hydrogen-bond donors (Lipinski definition) is 0. The number of aromatic nitrogens is 2. The molecule has 1 heterocycles. The van der Waals surface area contributed by atoms with Crippen molar-refractivity contribution in [3.8, 4) is 10.4 Å². The fraction of sp³-hybridized carbons (Fsp3) is 0. The van der Waals surface area contributed by atoms with Crippen molar-refractivity contribution in [2.24, 2.45) is 0 Å². The van der Waals surface area contributed by atoms with E-state index in [1.807, 2.05) is 30.3 Å². The number of carbonyl (C=O) groups excluding carboxylic acids is 1. The van der Waals surface area contributed by atoms with Crippen LogP contribution < -0.4 is 0 Å². The normalized spacial score (nSPS) is 10.1. The zero-order valence-electron chi connectivity index (χ0n) is 6.98. The molecule has 0 amide bonds. The average Bonchev–Trinajstić information content (AvgIpc) is 2.67. The van der Waals surface area contributed by atoms with E-state index in [-0.39, 0.29) is 5.69 Å². The molecule has 1 aromatic carbocycles. The largest absolute Gasteiger partial charge is 0.274 e. The first kappa shape index (κ1) is 9.30. The lowest BCUT2D eigenvalue weighted by Gasteiger charge is -1.95. The molecule has 0 N–H and O–H groups in total. The van der Waals surface area contributed by atoms with Crippen LogP contribution in [0.15, 0.2) is 30.3 Å². The van der Waals surface area contributed by atoms with Crippen LogP contribution in [0.4, 0.5) is 0 Å². The zero-order chi connectivity index (χ0) is 9.97. The maximum atomic E-state index is 11.0. The highest BCUT2D eigenvalue weighted by Gasteiger charge is 2.15. The number of nitrogens with zero attached hydrogens (tertiary/aromatic N) is 2. The predicted octanol–water partition coefficient (Wildman–Crippen LogP) is 2.58. The molecular formula is C9H5ClN2OS. The van der Waals surface area contributed by atoms with Crippen LogP contribution in [-0.4, -0.2) is 14.8 Å². The van der Waals surface area contributed by atoms with Gasteiger partial charge < -0.3 is 0 Å². The molecular weight excluding hydrogens is 220 g/mol. The number of hydrogen-bond acceptors (Lipinski definition) is 4. The van der Waals surface area contributed by atoms with Crippen molar-refractivity contribution in [2.45, 2.75) is 0 Å². The number of halogens is 1. The minimum atomic E-state index is -0.572. The third-order valence-corrected chi connectivity index (χ3v) is 2.66. The van der Waals surface area contributed by atoms with Crippen LogP contribution in [0.2, 0.25) is 0 Å². The standard InChI is InChI=1S/C9H5ClN2OS/c10-9(13)7-8(14-12-11-7)6-4-2-1-3-5-6/h1-5H. The second-order valence-corrected chi connectivity index (χ2v) is 3.69. The van der Waals surface area contributed by atoms with Gasteiger partial charge in [0.25, 0.3) is 5.24 Å². The summed E-state index contributed by atoms with van der Waals surface area (Å²) in [5, 5.41) is 3.11. The Balaban J connectivity index is 2.52. The Kier molecular flexibility index (Phi) is 2.56. The van der Waals surface area contributed by atoms with Crippen molar-refractivity contribution in [1.82, 2.24) is 9.59 Å². The summed E-state index contributed by atoms with van der Waals surface area (Å²) in [5.74, 6) is 0. The molecule has 0 radical (unpaired) electrons. The number of benzene rings is 1. The summed E-state index contributed by atoms with van der Waals surface area (Å²) in [6, 6.07) is 9.45. The minimum Gasteiger partial charge on any atom is -0.274 e. The van der Waals surface area contributed by atoms with Crippen molar-refractivity contribution in [3.63, 3.8) is 0 Å². The first-order valence-corrected chi connectivity index (χ1v) is 5.02. The molecule has 0 aliphatic carbocycles. The van der Waals surface area contributed by atoms with Crippen molar-refractivity contribution in [3.05, 3.63) is 36.0 Å². The molecule has 0 spiro atoms. The second-order valence-electron chi connectivity index (χ2n) is 2.59. The fourth-order valence-corrected chi connectivity index (χ4v) is 1.95. The molecule has 0 saturated carbocycles. The lowest BCUT2D eigenvalue weighted by Crippen LogP contribution is -1.91. The van der Waals surface area contributed by atoms with Crippen LogP contribution >= 0.6 is 23.1 Å². The average molecular weight is 225 g/mol. The molecule has 5 heteroatoms. The summed E-state index contributed by atoms with van der Waals surface area (Å²) < 4.78 is 3.71. The molecule has 0 saturated heterocycles. The van der Waals surface area contributed by atoms with Gasteiger partial charge in [0.05, 0.1) is 4.88 Å². The first-order chi connectivity index (χ1) is 6.79. The van der Waals surface area contributed by atoms with E-state index < -0.39 is 5.24 Å². The molecule has 0 unspecified atom stereocenters. The molecule has 2 aromatic rings. The molecule has 70 valence electrons. The maximum absolute atomic E-state index is 11.0. The molecule has 2 rings (SSSR count). The van der Waals surface area contributed by atoms with E-state index >= 15 is 0 Å². The van der Waals surface area contributed by atoms with Gasteiger partial charge in [-0.2, -0.15) is 0 Å². The topological polar surface area (TPSA) is 42.9 Å². The molecule has 0 bridgehead atoms. The summed E-state index contributed by atoms with van der Waals surface area (Å²) >= 11 is 6.53. The van der Waals surface area contributed by atoms with Gasteiger partial charge in [-0.25, -0.2) is 0 Å². The van der Waals surface area contributed by atoms with E-state index in [1.54, 1.807) is 0 Å². The summed E-state index contributed by atoms with van der Waals surface area (Å²) in [5.41, 5.74) is 1.13. The van der Waals surface area contributed by atoms with E-state index in [9.17, 15) is 4.79 Å². The number of carbonyl (C=O) groups is 1. The highest BCUT2D eigenvalue weighted by molar-refractivity contribution is 7.10. The SMILES string of the molecule is O=C(Cl)c1nnsc1-c1ccccc1. The van der Waals surface area contributed by atoms with Gasteiger partial charge in [-0.3, -0.25) is 4.79 Å². The van der Waals surface area contributed by atoms with E-state index in [0.29, 0.717) is 4.88 Å². The molecule has 1 aromatic heterocycles. The van der Waals surface area contributed by atoms with E-state index in [4.69, 9.17) is 11.6 Å². The van der Waals surface area contributed by atoms with Crippen molar-refractivity contribution >= 4 is 28.4 Å².